The van der Waals surface area contributed by atoms with Gasteiger partial charge < -0.3 is 9.47 Å². The van der Waals surface area contributed by atoms with Crippen LogP contribution in [-0.2, 0) is 9.53 Å². The van der Waals surface area contributed by atoms with Crippen molar-refractivity contribution < 1.29 is 14.3 Å². The fraction of sp³-hybridized carbons (Fsp3) is 0.250. The highest BCUT2D eigenvalue weighted by Crippen LogP contribution is 2.29. The number of fused-ring (bicyclic) bond motifs is 1. The number of rotatable bonds is 6. The Morgan fingerprint density at radius 2 is 1.89 bits per heavy atom. The molecule has 2 aromatic carbocycles. The Bertz CT molecular complexity index is 1030. The number of para-hydroxylation sites is 3. The van der Waals surface area contributed by atoms with Gasteiger partial charge in [0.05, 0.1) is 30.3 Å². The van der Waals surface area contributed by atoms with Crippen molar-refractivity contribution in [2.24, 2.45) is 0 Å². The summed E-state index contributed by atoms with van der Waals surface area (Å²) in [4.78, 5) is 29.9. The first-order valence-electron chi connectivity index (χ1n) is 8.55. The van der Waals surface area contributed by atoms with Crippen LogP contribution in [0, 0.1) is 0 Å². The Labute approximate surface area is 161 Å². The van der Waals surface area contributed by atoms with Crippen molar-refractivity contribution in [1.82, 2.24) is 9.55 Å². The summed E-state index contributed by atoms with van der Waals surface area (Å²) in [5.74, 6) is 0.193. The molecule has 0 saturated heterocycles. The number of thioether (sulfide) groups is 1. The van der Waals surface area contributed by atoms with Gasteiger partial charge in [0.1, 0.15) is 11.0 Å². The van der Waals surface area contributed by atoms with Gasteiger partial charge in [0, 0.05) is 0 Å². The minimum atomic E-state index is -0.515. The summed E-state index contributed by atoms with van der Waals surface area (Å²) in [5, 5.41) is 0.388. The Morgan fingerprint density at radius 3 is 2.63 bits per heavy atom. The van der Waals surface area contributed by atoms with Gasteiger partial charge in [0.2, 0.25) is 0 Å². The van der Waals surface area contributed by atoms with Crippen LogP contribution in [0.4, 0.5) is 0 Å². The zero-order valence-electron chi connectivity index (χ0n) is 15.3. The van der Waals surface area contributed by atoms with Crippen LogP contribution in [0.25, 0.3) is 16.6 Å². The Balaban J connectivity index is 2.22. The van der Waals surface area contributed by atoms with Crippen LogP contribution in [0.1, 0.15) is 13.8 Å². The maximum absolute atomic E-state index is 13.2. The van der Waals surface area contributed by atoms with E-state index in [4.69, 9.17) is 9.47 Å². The van der Waals surface area contributed by atoms with Crippen molar-refractivity contribution in [3.05, 3.63) is 58.9 Å². The molecule has 0 aliphatic heterocycles. The lowest BCUT2D eigenvalue weighted by molar-refractivity contribution is -0.142. The number of methoxy groups -OCH3 is 1. The van der Waals surface area contributed by atoms with Crippen molar-refractivity contribution in [2.75, 3.05) is 13.7 Å². The van der Waals surface area contributed by atoms with Crippen molar-refractivity contribution in [3.63, 3.8) is 0 Å². The van der Waals surface area contributed by atoms with E-state index < -0.39 is 5.25 Å². The average molecular weight is 384 g/mol. The third kappa shape index (κ3) is 3.83. The van der Waals surface area contributed by atoms with Gasteiger partial charge in [-0.15, -0.1) is 0 Å². The lowest BCUT2D eigenvalue weighted by atomic mass is 10.2. The second kappa shape index (κ2) is 8.26. The van der Waals surface area contributed by atoms with Crippen molar-refractivity contribution >= 4 is 28.6 Å². The first kappa shape index (κ1) is 19.0. The van der Waals surface area contributed by atoms with E-state index >= 15 is 0 Å². The van der Waals surface area contributed by atoms with Gasteiger partial charge in [-0.05, 0) is 38.1 Å². The van der Waals surface area contributed by atoms with Gasteiger partial charge in [-0.25, -0.2) is 4.98 Å². The monoisotopic (exact) mass is 384 g/mol. The second-order valence-corrected chi connectivity index (χ2v) is 7.04. The number of carbonyl (C=O) groups excluding carboxylic acids is 1. The van der Waals surface area contributed by atoms with Crippen LogP contribution >= 0.6 is 11.8 Å². The predicted molar refractivity (Wildman–Crippen MR) is 106 cm³/mol. The van der Waals surface area contributed by atoms with Crippen LogP contribution in [-0.4, -0.2) is 34.5 Å². The Kier molecular flexibility index (Phi) is 5.81. The first-order chi connectivity index (χ1) is 13.1. The summed E-state index contributed by atoms with van der Waals surface area (Å²) in [6, 6.07) is 14.4. The van der Waals surface area contributed by atoms with Crippen molar-refractivity contribution in [3.8, 4) is 11.4 Å². The molecule has 140 valence electrons. The molecule has 0 radical (unpaired) electrons. The molecule has 27 heavy (non-hydrogen) atoms. The summed E-state index contributed by atoms with van der Waals surface area (Å²) in [5.41, 5.74) is 0.928. The number of ether oxygens (including phenoxy) is 2. The quantitative estimate of drug-likeness (QED) is 0.368. The molecule has 0 spiro atoms. The lowest BCUT2D eigenvalue weighted by Crippen LogP contribution is -2.24. The molecule has 0 saturated carbocycles. The van der Waals surface area contributed by atoms with E-state index in [2.05, 4.69) is 4.98 Å². The summed E-state index contributed by atoms with van der Waals surface area (Å²) >= 11 is 1.18. The average Bonchev–Trinajstić information content (AvgIpc) is 2.68. The lowest BCUT2D eigenvalue weighted by Gasteiger charge is -2.17. The van der Waals surface area contributed by atoms with Gasteiger partial charge in [0.25, 0.3) is 5.56 Å². The van der Waals surface area contributed by atoms with Crippen molar-refractivity contribution in [1.29, 1.82) is 0 Å². The topological polar surface area (TPSA) is 70.4 Å². The predicted octanol–water partition coefficient (Wildman–Crippen LogP) is 3.44. The molecule has 0 unspecified atom stereocenters. The maximum atomic E-state index is 13.2. The number of benzene rings is 2. The molecule has 1 aromatic heterocycles. The van der Waals surface area contributed by atoms with E-state index in [0.717, 1.165) is 0 Å². The van der Waals surface area contributed by atoms with Gasteiger partial charge in [0.15, 0.2) is 5.16 Å². The third-order valence-electron chi connectivity index (χ3n) is 3.97. The van der Waals surface area contributed by atoms with Gasteiger partial charge >= 0.3 is 5.97 Å². The fourth-order valence-electron chi connectivity index (χ4n) is 2.68. The number of hydrogen-bond donors (Lipinski definition) is 0. The number of nitrogens with zero attached hydrogens (tertiary/aromatic N) is 2. The van der Waals surface area contributed by atoms with Crippen molar-refractivity contribution in [2.45, 2.75) is 24.3 Å². The number of aromatic nitrogens is 2. The minimum Gasteiger partial charge on any atom is -0.495 e. The van der Waals surface area contributed by atoms with E-state index in [0.29, 0.717) is 34.1 Å². The molecule has 7 heteroatoms. The van der Waals surface area contributed by atoms with Crippen LogP contribution < -0.4 is 10.3 Å². The highest BCUT2D eigenvalue weighted by molar-refractivity contribution is 8.00. The Hall–Kier alpha value is -2.80. The molecule has 3 aromatic rings. The molecule has 1 atom stereocenters. The third-order valence-corrected chi connectivity index (χ3v) is 5.00. The smallest absolute Gasteiger partial charge is 0.319 e. The highest BCUT2D eigenvalue weighted by Gasteiger charge is 2.22. The molecule has 1 heterocycles. The van der Waals surface area contributed by atoms with E-state index in [1.54, 1.807) is 51.3 Å². The summed E-state index contributed by atoms with van der Waals surface area (Å²) in [6.45, 7) is 3.79. The molecule has 3 rings (SSSR count). The zero-order valence-corrected chi connectivity index (χ0v) is 16.2. The maximum Gasteiger partial charge on any atom is 0.319 e. The minimum absolute atomic E-state index is 0.219. The van der Waals surface area contributed by atoms with E-state index in [1.165, 1.54) is 16.3 Å². The number of esters is 1. The molecule has 0 bridgehead atoms. The zero-order chi connectivity index (χ0) is 19.4. The molecular weight excluding hydrogens is 364 g/mol. The molecule has 0 fully saturated rings. The molecule has 6 nitrogen and oxygen atoms in total. The van der Waals surface area contributed by atoms with E-state index in [-0.39, 0.29) is 11.5 Å². The fourth-order valence-corrected chi connectivity index (χ4v) is 3.60. The normalized spacial score (nSPS) is 12.0. The summed E-state index contributed by atoms with van der Waals surface area (Å²) in [6.07, 6.45) is 0. The largest absolute Gasteiger partial charge is 0.495 e. The Morgan fingerprint density at radius 1 is 1.19 bits per heavy atom. The molecule has 0 aliphatic rings. The summed E-state index contributed by atoms with van der Waals surface area (Å²) < 4.78 is 12.0. The van der Waals surface area contributed by atoms with Crippen LogP contribution in [0.2, 0.25) is 0 Å². The molecule has 0 amide bonds. The first-order valence-corrected chi connectivity index (χ1v) is 9.43. The van der Waals surface area contributed by atoms with E-state index in [9.17, 15) is 9.59 Å². The van der Waals surface area contributed by atoms with Gasteiger partial charge in [-0.2, -0.15) is 0 Å². The van der Waals surface area contributed by atoms with Crippen LogP contribution in [0.3, 0.4) is 0 Å². The SMILES string of the molecule is CCOC(=O)[C@@H](C)Sc1nc2ccccc2c(=O)n1-c1ccccc1OC. The molecular formula is C20H20N2O4S. The van der Waals surface area contributed by atoms with Crippen LogP contribution in [0.5, 0.6) is 5.75 Å². The number of hydrogen-bond acceptors (Lipinski definition) is 6. The summed E-state index contributed by atoms with van der Waals surface area (Å²) in [7, 11) is 1.55. The van der Waals surface area contributed by atoms with Gasteiger partial charge in [-0.1, -0.05) is 36.0 Å². The van der Waals surface area contributed by atoms with E-state index in [1.807, 2.05) is 18.2 Å². The van der Waals surface area contributed by atoms with Crippen LogP contribution in [0.15, 0.2) is 58.5 Å². The molecule has 0 aliphatic carbocycles. The van der Waals surface area contributed by atoms with Gasteiger partial charge in [-0.3, -0.25) is 14.2 Å². The standard InChI is InChI=1S/C20H20N2O4S/c1-4-26-19(24)13(2)27-20-21-15-10-6-5-9-14(15)18(23)22(20)16-11-7-8-12-17(16)25-3/h5-13H,4H2,1-3H3/t13-/m1/s1. The highest BCUT2D eigenvalue weighted by atomic mass is 32.2. The molecule has 0 N–H and O–H groups in total. The second-order valence-electron chi connectivity index (χ2n) is 5.74. The number of carbonyl (C=O) groups is 1.